The van der Waals surface area contributed by atoms with Crippen molar-refractivity contribution in [2.75, 3.05) is 18.9 Å². The van der Waals surface area contributed by atoms with E-state index in [1.54, 1.807) is 35.6 Å². The Labute approximate surface area is 150 Å². The third-order valence-electron chi connectivity index (χ3n) is 4.84. The summed E-state index contributed by atoms with van der Waals surface area (Å²) in [5, 5.41) is 3.24. The van der Waals surface area contributed by atoms with E-state index in [1.165, 1.54) is 10.5 Å². The minimum absolute atomic E-state index is 0.0368. The van der Waals surface area contributed by atoms with Crippen LogP contribution < -0.4 is 10.9 Å². The van der Waals surface area contributed by atoms with Gasteiger partial charge in [0.15, 0.2) is 0 Å². The summed E-state index contributed by atoms with van der Waals surface area (Å²) in [4.78, 5) is 34.8. The Balaban J connectivity index is 1.57. The lowest BCUT2D eigenvalue weighted by molar-refractivity contribution is -0.127. The van der Waals surface area contributed by atoms with Crippen molar-refractivity contribution in [2.24, 2.45) is 5.92 Å². The van der Waals surface area contributed by atoms with E-state index in [1.807, 2.05) is 25.2 Å². The van der Waals surface area contributed by atoms with Gasteiger partial charge in [0.05, 0.1) is 6.04 Å². The maximum absolute atomic E-state index is 12.2. The predicted molar refractivity (Wildman–Crippen MR) is 97.8 cm³/mol. The van der Waals surface area contributed by atoms with E-state index in [2.05, 4.69) is 15.3 Å². The quantitative estimate of drug-likeness (QED) is 0.776. The van der Waals surface area contributed by atoms with Crippen LogP contribution in [-0.4, -0.2) is 38.8 Å². The number of pyridine rings is 2. The second-order valence-corrected chi connectivity index (χ2v) is 6.49. The number of amides is 1. The molecule has 0 aliphatic carbocycles. The van der Waals surface area contributed by atoms with Gasteiger partial charge < -0.3 is 10.2 Å². The van der Waals surface area contributed by atoms with Crippen LogP contribution in [0.1, 0.15) is 18.0 Å². The van der Waals surface area contributed by atoms with E-state index in [4.69, 9.17) is 0 Å². The first-order valence-electron chi connectivity index (χ1n) is 8.51. The molecular formula is C19H19N5O2. The summed E-state index contributed by atoms with van der Waals surface area (Å²) >= 11 is 0. The van der Waals surface area contributed by atoms with Crippen molar-refractivity contribution in [3.63, 3.8) is 0 Å². The van der Waals surface area contributed by atoms with Crippen molar-refractivity contribution in [1.29, 1.82) is 0 Å². The lowest BCUT2D eigenvalue weighted by Gasteiger charge is -2.25. The van der Waals surface area contributed by atoms with Crippen molar-refractivity contribution in [3.8, 4) is 0 Å². The highest BCUT2D eigenvalue weighted by Crippen LogP contribution is 2.36. The van der Waals surface area contributed by atoms with Gasteiger partial charge in [0.25, 0.3) is 5.56 Å². The Morgan fingerprint density at radius 3 is 2.92 bits per heavy atom. The minimum Gasteiger partial charge on any atom is -0.369 e. The first-order valence-corrected chi connectivity index (χ1v) is 8.51. The number of likely N-dealkylation sites (tertiary alicyclic amines) is 1. The summed E-state index contributed by atoms with van der Waals surface area (Å²) in [6.45, 7) is 0.547. The molecule has 0 spiro atoms. The summed E-state index contributed by atoms with van der Waals surface area (Å²) in [5.74, 6) is 0.707. The maximum atomic E-state index is 12.2. The van der Waals surface area contributed by atoms with Crippen LogP contribution in [0.25, 0.3) is 5.65 Å². The second kappa shape index (κ2) is 6.59. The van der Waals surface area contributed by atoms with Crippen LogP contribution in [0.15, 0.2) is 59.8 Å². The minimum atomic E-state index is -0.137. The van der Waals surface area contributed by atoms with Gasteiger partial charge in [-0.05, 0) is 23.8 Å². The molecule has 0 unspecified atom stereocenters. The molecule has 132 valence electrons. The number of carbonyl (C=O) groups is 1. The fourth-order valence-electron chi connectivity index (χ4n) is 3.56. The van der Waals surface area contributed by atoms with Gasteiger partial charge in [-0.15, -0.1) is 0 Å². The van der Waals surface area contributed by atoms with Crippen LogP contribution >= 0.6 is 0 Å². The predicted octanol–water partition coefficient (Wildman–Crippen LogP) is 1.72. The molecule has 7 nitrogen and oxygen atoms in total. The Kier molecular flexibility index (Phi) is 4.12. The van der Waals surface area contributed by atoms with Gasteiger partial charge in [-0.1, -0.05) is 12.1 Å². The molecule has 0 radical (unpaired) electrons. The number of hydrogen-bond acceptors (Lipinski definition) is 5. The third kappa shape index (κ3) is 2.92. The highest BCUT2D eigenvalue weighted by Gasteiger charge is 2.38. The van der Waals surface area contributed by atoms with E-state index >= 15 is 0 Å². The van der Waals surface area contributed by atoms with Crippen molar-refractivity contribution < 1.29 is 4.79 Å². The third-order valence-corrected chi connectivity index (χ3v) is 4.84. The fourth-order valence-corrected chi connectivity index (χ4v) is 3.56. The molecule has 3 aromatic heterocycles. The lowest BCUT2D eigenvalue weighted by atomic mass is 9.95. The smallest absolute Gasteiger partial charge is 0.259 e. The molecule has 4 rings (SSSR count). The van der Waals surface area contributed by atoms with Crippen LogP contribution in [0, 0.1) is 5.92 Å². The van der Waals surface area contributed by atoms with Gasteiger partial charge in [0.1, 0.15) is 11.5 Å². The molecule has 0 aromatic carbocycles. The molecule has 1 saturated heterocycles. The monoisotopic (exact) mass is 349 g/mol. The average molecular weight is 349 g/mol. The van der Waals surface area contributed by atoms with E-state index in [9.17, 15) is 9.59 Å². The number of anilines is 1. The molecule has 2 atom stereocenters. The summed E-state index contributed by atoms with van der Waals surface area (Å²) in [6, 6.07) is 10.7. The van der Waals surface area contributed by atoms with E-state index < -0.39 is 0 Å². The zero-order chi connectivity index (χ0) is 18.1. The highest BCUT2D eigenvalue weighted by molar-refractivity contribution is 5.79. The van der Waals surface area contributed by atoms with Gasteiger partial charge in [0, 0.05) is 50.6 Å². The van der Waals surface area contributed by atoms with Gasteiger partial charge in [-0.2, -0.15) is 0 Å². The van der Waals surface area contributed by atoms with E-state index in [0.717, 1.165) is 5.56 Å². The Morgan fingerprint density at radius 1 is 1.23 bits per heavy atom. The summed E-state index contributed by atoms with van der Waals surface area (Å²) in [5.41, 5.74) is 1.46. The molecule has 1 amide bonds. The molecule has 1 N–H and O–H groups in total. The van der Waals surface area contributed by atoms with Crippen LogP contribution in [0.3, 0.4) is 0 Å². The van der Waals surface area contributed by atoms with Crippen LogP contribution in [0.2, 0.25) is 0 Å². The van der Waals surface area contributed by atoms with E-state index in [0.29, 0.717) is 24.4 Å². The molecule has 1 aliphatic rings. The first kappa shape index (κ1) is 16.3. The van der Waals surface area contributed by atoms with Gasteiger partial charge in [-0.25, -0.2) is 4.98 Å². The molecule has 0 bridgehead atoms. The molecule has 3 aromatic rings. The van der Waals surface area contributed by atoms with Gasteiger partial charge in [-0.3, -0.25) is 19.0 Å². The number of nitrogens with one attached hydrogen (secondary N) is 1. The van der Waals surface area contributed by atoms with E-state index in [-0.39, 0.29) is 23.4 Å². The Morgan fingerprint density at radius 2 is 2.12 bits per heavy atom. The first-order chi connectivity index (χ1) is 12.6. The average Bonchev–Trinajstić information content (AvgIpc) is 2.95. The standard InChI is InChI=1S/C19H19N5O2/c1-23-17(25)9-14(19(23)13-5-4-7-20-11-13)12-21-15-10-18(26)24-8-3-2-6-16(24)22-15/h2-8,10-11,14,19,21H,9,12H2,1H3/t14-,19-/m0/s1. The van der Waals surface area contributed by atoms with Crippen molar-refractivity contribution in [3.05, 3.63) is 70.9 Å². The van der Waals surface area contributed by atoms with Crippen LogP contribution in [-0.2, 0) is 4.79 Å². The zero-order valence-electron chi connectivity index (χ0n) is 14.4. The summed E-state index contributed by atoms with van der Waals surface area (Å²) < 4.78 is 1.50. The number of hydrogen-bond donors (Lipinski definition) is 1. The molecule has 7 heteroatoms. The fraction of sp³-hybridized carbons (Fsp3) is 0.263. The SMILES string of the molecule is CN1C(=O)C[C@@H](CNc2cc(=O)n3ccccc3n2)[C@@H]1c1cccnc1. The molecular weight excluding hydrogens is 330 g/mol. The molecule has 4 heterocycles. The molecule has 1 aliphatic heterocycles. The van der Waals surface area contributed by atoms with Crippen molar-refractivity contribution >= 4 is 17.4 Å². The zero-order valence-corrected chi connectivity index (χ0v) is 14.4. The largest absolute Gasteiger partial charge is 0.369 e. The molecule has 26 heavy (non-hydrogen) atoms. The topological polar surface area (TPSA) is 79.6 Å². The van der Waals surface area contributed by atoms with Crippen LogP contribution in [0.4, 0.5) is 5.82 Å². The number of carbonyl (C=O) groups excluding carboxylic acids is 1. The molecule has 0 saturated carbocycles. The lowest BCUT2D eigenvalue weighted by Crippen LogP contribution is -2.27. The Bertz CT molecular complexity index is 1000. The normalized spacial score (nSPS) is 19.9. The van der Waals surface area contributed by atoms with Gasteiger partial charge in [0.2, 0.25) is 5.91 Å². The second-order valence-electron chi connectivity index (χ2n) is 6.49. The Hall–Kier alpha value is -3.22. The highest BCUT2D eigenvalue weighted by atomic mass is 16.2. The summed E-state index contributed by atoms with van der Waals surface area (Å²) in [6.07, 6.45) is 5.67. The number of aromatic nitrogens is 3. The number of rotatable bonds is 4. The van der Waals surface area contributed by atoms with Crippen molar-refractivity contribution in [2.45, 2.75) is 12.5 Å². The summed E-state index contributed by atoms with van der Waals surface area (Å²) in [7, 11) is 1.82. The maximum Gasteiger partial charge on any atom is 0.259 e. The van der Waals surface area contributed by atoms with Gasteiger partial charge >= 0.3 is 0 Å². The van der Waals surface area contributed by atoms with Crippen molar-refractivity contribution in [1.82, 2.24) is 19.3 Å². The molecule has 1 fully saturated rings. The number of fused-ring (bicyclic) bond motifs is 1. The van der Waals surface area contributed by atoms with Crippen LogP contribution in [0.5, 0.6) is 0 Å². The number of nitrogens with zero attached hydrogens (tertiary/aromatic N) is 4.